The number of hydrogen-bond donors (Lipinski definition) is 2. The average Bonchev–Trinajstić information content (AvgIpc) is 2.56. The van der Waals surface area contributed by atoms with E-state index < -0.39 is 0 Å². The van der Waals surface area contributed by atoms with Crippen LogP contribution in [0.5, 0.6) is 0 Å². The molecule has 0 spiro atoms. The van der Waals surface area contributed by atoms with E-state index in [0.717, 1.165) is 45.0 Å². The van der Waals surface area contributed by atoms with Gasteiger partial charge in [0.15, 0.2) is 0 Å². The molecule has 2 aliphatic heterocycles. The smallest absolute Gasteiger partial charge is 0.126 e. The number of fused-ring (bicyclic) bond motifs is 1. The Kier molecular flexibility index (Phi) is 2.37. The lowest BCUT2D eigenvalue weighted by Gasteiger charge is -2.38. The fourth-order valence-electron chi connectivity index (χ4n) is 2.58. The second-order valence-corrected chi connectivity index (χ2v) is 4.69. The molecule has 1 aromatic rings. The van der Waals surface area contributed by atoms with Crippen molar-refractivity contribution >= 4 is 5.82 Å². The van der Waals surface area contributed by atoms with Crippen molar-refractivity contribution in [2.75, 3.05) is 31.9 Å². The molecule has 1 aromatic heterocycles. The van der Waals surface area contributed by atoms with Gasteiger partial charge in [-0.15, -0.1) is 0 Å². The molecule has 2 aliphatic rings. The third kappa shape index (κ3) is 1.43. The Balaban J connectivity index is 1.83. The molecular weight excluding hydrogens is 202 g/mol. The van der Waals surface area contributed by atoms with Gasteiger partial charge < -0.3 is 11.1 Å². The van der Waals surface area contributed by atoms with Gasteiger partial charge in [-0.05, 0) is 6.54 Å². The minimum Gasteiger partial charge on any atom is -0.384 e. The Morgan fingerprint density at radius 3 is 3.00 bits per heavy atom. The Morgan fingerprint density at radius 1 is 1.50 bits per heavy atom. The highest BCUT2D eigenvalue weighted by Gasteiger charge is 2.31. The molecular formula is C11H19N5. The first kappa shape index (κ1) is 10.1. The lowest BCUT2D eigenvalue weighted by Crippen LogP contribution is -2.47. The molecule has 0 amide bonds. The maximum atomic E-state index is 6.16. The summed E-state index contributed by atoms with van der Waals surface area (Å²) in [6, 6.07) is 0.491. The van der Waals surface area contributed by atoms with E-state index in [2.05, 4.69) is 22.2 Å². The van der Waals surface area contributed by atoms with E-state index in [0.29, 0.717) is 6.04 Å². The molecule has 0 unspecified atom stereocenters. The molecule has 0 saturated carbocycles. The number of aromatic nitrogens is 2. The van der Waals surface area contributed by atoms with Crippen molar-refractivity contribution in [2.24, 2.45) is 0 Å². The lowest BCUT2D eigenvalue weighted by atomic mass is 10.1. The molecule has 0 bridgehead atoms. The summed E-state index contributed by atoms with van der Waals surface area (Å²) >= 11 is 0. The van der Waals surface area contributed by atoms with E-state index in [1.54, 1.807) is 0 Å². The molecule has 5 heteroatoms. The molecule has 0 aromatic carbocycles. The van der Waals surface area contributed by atoms with Crippen LogP contribution in [-0.4, -0.2) is 40.9 Å². The van der Waals surface area contributed by atoms with Crippen molar-refractivity contribution in [3.8, 4) is 0 Å². The second-order valence-electron chi connectivity index (χ2n) is 4.69. The average molecular weight is 221 g/mol. The Morgan fingerprint density at radius 2 is 2.31 bits per heavy atom. The van der Waals surface area contributed by atoms with Gasteiger partial charge in [0.1, 0.15) is 5.82 Å². The molecule has 1 saturated heterocycles. The number of anilines is 1. The summed E-state index contributed by atoms with van der Waals surface area (Å²) in [7, 11) is 0. The highest BCUT2D eigenvalue weighted by atomic mass is 15.4. The first-order valence-electron chi connectivity index (χ1n) is 6.08. The van der Waals surface area contributed by atoms with Gasteiger partial charge in [0.25, 0.3) is 0 Å². The van der Waals surface area contributed by atoms with E-state index in [4.69, 9.17) is 5.73 Å². The molecule has 88 valence electrons. The maximum absolute atomic E-state index is 6.16. The number of nitrogen functional groups attached to an aromatic ring is 1. The predicted molar refractivity (Wildman–Crippen MR) is 63.2 cm³/mol. The zero-order valence-electron chi connectivity index (χ0n) is 9.74. The van der Waals surface area contributed by atoms with Crippen molar-refractivity contribution in [2.45, 2.75) is 25.9 Å². The van der Waals surface area contributed by atoms with Crippen LogP contribution < -0.4 is 11.1 Å². The number of nitrogens with zero attached hydrogens (tertiary/aromatic N) is 3. The van der Waals surface area contributed by atoms with Gasteiger partial charge in [-0.1, -0.05) is 6.92 Å². The van der Waals surface area contributed by atoms with Gasteiger partial charge in [-0.3, -0.25) is 4.90 Å². The fraction of sp³-hybridized carbons (Fsp3) is 0.727. The molecule has 0 aliphatic carbocycles. The number of likely N-dealkylation sites (N-methyl/N-ethyl adjacent to an activating group) is 1. The second kappa shape index (κ2) is 3.75. The summed E-state index contributed by atoms with van der Waals surface area (Å²) in [6.07, 6.45) is 1.01. The lowest BCUT2D eigenvalue weighted by molar-refractivity contribution is 0.107. The summed E-state index contributed by atoms with van der Waals surface area (Å²) in [6.45, 7) is 7.40. The quantitative estimate of drug-likeness (QED) is 0.737. The number of rotatable bonds is 2. The predicted octanol–water partition coefficient (Wildman–Crippen LogP) is -0.0124. The van der Waals surface area contributed by atoms with Crippen LogP contribution in [0.2, 0.25) is 0 Å². The monoisotopic (exact) mass is 221 g/mol. The summed E-state index contributed by atoms with van der Waals surface area (Å²) < 4.78 is 2.05. The van der Waals surface area contributed by atoms with Crippen LogP contribution in [-0.2, 0) is 13.0 Å². The van der Waals surface area contributed by atoms with Crippen molar-refractivity contribution in [1.82, 2.24) is 20.0 Å². The molecule has 3 N–H and O–H groups in total. The molecule has 0 radical (unpaired) electrons. The van der Waals surface area contributed by atoms with Crippen LogP contribution >= 0.6 is 0 Å². The zero-order valence-corrected chi connectivity index (χ0v) is 9.74. The summed E-state index contributed by atoms with van der Waals surface area (Å²) in [5.74, 6) is 0.878. The van der Waals surface area contributed by atoms with Gasteiger partial charge >= 0.3 is 0 Å². The molecule has 1 fully saturated rings. The minimum atomic E-state index is 0.491. The van der Waals surface area contributed by atoms with E-state index in [9.17, 15) is 0 Å². The Bertz CT molecular complexity index is 391. The number of likely N-dealkylation sites (tertiary alicyclic amines) is 1. The summed E-state index contributed by atoms with van der Waals surface area (Å²) in [5.41, 5.74) is 8.59. The van der Waals surface area contributed by atoms with E-state index in [1.165, 1.54) is 11.3 Å². The summed E-state index contributed by atoms with van der Waals surface area (Å²) in [4.78, 5) is 2.41. The molecule has 3 rings (SSSR count). The molecule has 16 heavy (non-hydrogen) atoms. The first-order chi connectivity index (χ1) is 7.79. The molecule has 3 heterocycles. The summed E-state index contributed by atoms with van der Waals surface area (Å²) in [5, 5.41) is 8.01. The van der Waals surface area contributed by atoms with E-state index in [-0.39, 0.29) is 0 Å². The number of nitrogens with one attached hydrogen (secondary N) is 1. The van der Waals surface area contributed by atoms with Gasteiger partial charge in [-0.25, -0.2) is 4.68 Å². The molecule has 5 nitrogen and oxygen atoms in total. The first-order valence-corrected chi connectivity index (χ1v) is 6.08. The van der Waals surface area contributed by atoms with Crippen molar-refractivity contribution < 1.29 is 0 Å². The molecule has 0 atom stereocenters. The maximum Gasteiger partial charge on any atom is 0.126 e. The minimum absolute atomic E-state index is 0.491. The third-order valence-electron chi connectivity index (χ3n) is 3.70. The van der Waals surface area contributed by atoms with Gasteiger partial charge in [0, 0.05) is 38.2 Å². The standard InChI is InChI=1S/C11H19N5/c1-2-15-6-8(7-15)16-11(12)9-5-13-4-3-10(9)14-16/h8,13H,2-7,12H2,1H3. The largest absolute Gasteiger partial charge is 0.384 e. The van der Waals surface area contributed by atoms with Crippen molar-refractivity contribution in [1.29, 1.82) is 0 Å². The van der Waals surface area contributed by atoms with Crippen LogP contribution in [0.25, 0.3) is 0 Å². The zero-order chi connectivity index (χ0) is 11.1. The van der Waals surface area contributed by atoms with E-state index >= 15 is 0 Å². The van der Waals surface area contributed by atoms with Crippen LogP contribution in [0.4, 0.5) is 5.82 Å². The van der Waals surface area contributed by atoms with Crippen molar-refractivity contribution in [3.63, 3.8) is 0 Å². The SMILES string of the molecule is CCN1CC(n2nc3c(c2N)CNCC3)C1. The normalized spacial score (nSPS) is 21.8. The van der Waals surface area contributed by atoms with Crippen LogP contribution in [0.15, 0.2) is 0 Å². The topological polar surface area (TPSA) is 59.1 Å². The Labute approximate surface area is 95.6 Å². The number of nitrogens with two attached hydrogens (primary N) is 1. The third-order valence-corrected chi connectivity index (χ3v) is 3.70. The van der Waals surface area contributed by atoms with Gasteiger partial charge in [0.05, 0.1) is 11.7 Å². The van der Waals surface area contributed by atoms with Gasteiger partial charge in [-0.2, -0.15) is 5.10 Å². The Hall–Kier alpha value is -1.07. The highest BCUT2D eigenvalue weighted by Crippen LogP contribution is 2.28. The van der Waals surface area contributed by atoms with Crippen LogP contribution in [0, 0.1) is 0 Å². The van der Waals surface area contributed by atoms with E-state index in [1.807, 2.05) is 4.68 Å². The van der Waals surface area contributed by atoms with Crippen molar-refractivity contribution in [3.05, 3.63) is 11.3 Å². The van der Waals surface area contributed by atoms with Crippen LogP contribution in [0.1, 0.15) is 24.2 Å². The van der Waals surface area contributed by atoms with Gasteiger partial charge in [0.2, 0.25) is 0 Å². The highest BCUT2D eigenvalue weighted by molar-refractivity contribution is 5.45. The van der Waals surface area contributed by atoms with Crippen LogP contribution in [0.3, 0.4) is 0 Å². The fourth-order valence-corrected chi connectivity index (χ4v) is 2.58. The number of hydrogen-bond acceptors (Lipinski definition) is 4.